The van der Waals surface area contributed by atoms with Crippen LogP contribution in [0.5, 0.6) is 0 Å². The van der Waals surface area contributed by atoms with E-state index in [0.717, 1.165) is 25.3 Å². The molecule has 1 saturated carbocycles. The zero-order valence-electron chi connectivity index (χ0n) is 12.8. The van der Waals surface area contributed by atoms with E-state index in [1.54, 1.807) is 0 Å². The summed E-state index contributed by atoms with van der Waals surface area (Å²) in [5.74, 6) is 0.249. The molecule has 5 heteroatoms. The molecule has 3 rings (SSSR count). The molecule has 2 aliphatic heterocycles. The summed E-state index contributed by atoms with van der Waals surface area (Å²) in [7, 11) is 0. The number of carboxylic acid groups (broad SMARTS) is 1. The fraction of sp³-hybridized carbons (Fsp3) is 0.875. The van der Waals surface area contributed by atoms with Gasteiger partial charge in [-0.25, -0.2) is 4.79 Å². The molecule has 2 bridgehead atoms. The molecule has 21 heavy (non-hydrogen) atoms. The zero-order valence-corrected chi connectivity index (χ0v) is 12.8. The molecule has 0 aromatic heterocycles. The topological polar surface area (TPSA) is 69.6 Å². The summed E-state index contributed by atoms with van der Waals surface area (Å²) < 4.78 is 0. The van der Waals surface area contributed by atoms with Crippen molar-refractivity contribution in [1.29, 1.82) is 0 Å². The Balaban J connectivity index is 1.53. The average Bonchev–Trinajstić information content (AvgIpc) is 3.02. The molecule has 2 N–H and O–H groups in total. The lowest BCUT2D eigenvalue weighted by Crippen LogP contribution is -2.45. The largest absolute Gasteiger partial charge is 0.481 e. The van der Waals surface area contributed by atoms with E-state index in [-0.39, 0.29) is 24.0 Å². The first-order valence-corrected chi connectivity index (χ1v) is 8.35. The van der Waals surface area contributed by atoms with Gasteiger partial charge in [-0.3, -0.25) is 4.79 Å². The molecule has 0 radical (unpaired) electrons. The smallest absolute Gasteiger partial charge is 0.317 e. The van der Waals surface area contributed by atoms with Crippen LogP contribution in [0.2, 0.25) is 0 Å². The Labute approximate surface area is 126 Å². The van der Waals surface area contributed by atoms with Gasteiger partial charge in [-0.1, -0.05) is 19.8 Å². The van der Waals surface area contributed by atoms with E-state index in [1.165, 1.54) is 25.7 Å². The average molecular weight is 294 g/mol. The van der Waals surface area contributed by atoms with Gasteiger partial charge in [-0.2, -0.15) is 0 Å². The molecular formula is C16H26N2O3. The van der Waals surface area contributed by atoms with Crippen molar-refractivity contribution in [3.8, 4) is 0 Å². The summed E-state index contributed by atoms with van der Waals surface area (Å²) >= 11 is 0. The Hall–Kier alpha value is -1.26. The van der Waals surface area contributed by atoms with Crippen molar-refractivity contribution in [3.05, 3.63) is 0 Å². The van der Waals surface area contributed by atoms with Gasteiger partial charge in [0.15, 0.2) is 0 Å². The van der Waals surface area contributed by atoms with E-state index in [4.69, 9.17) is 0 Å². The highest BCUT2D eigenvalue weighted by Crippen LogP contribution is 2.41. The van der Waals surface area contributed by atoms with Crippen LogP contribution >= 0.6 is 0 Å². The minimum Gasteiger partial charge on any atom is -0.481 e. The van der Waals surface area contributed by atoms with Crippen molar-refractivity contribution in [2.24, 2.45) is 17.8 Å². The third-order valence-corrected chi connectivity index (χ3v) is 5.68. The van der Waals surface area contributed by atoms with Crippen LogP contribution in [0.15, 0.2) is 0 Å². The first-order chi connectivity index (χ1) is 10.1. The molecule has 0 aromatic carbocycles. The normalized spacial score (nSPS) is 38.5. The summed E-state index contributed by atoms with van der Waals surface area (Å²) in [5, 5.41) is 12.3. The lowest BCUT2D eigenvalue weighted by atomic mass is 9.82. The molecule has 2 amide bonds. The van der Waals surface area contributed by atoms with Crippen molar-refractivity contribution in [2.45, 2.75) is 64.0 Å². The fourth-order valence-electron chi connectivity index (χ4n) is 4.64. The second-order valence-electron chi connectivity index (χ2n) is 7.21. The molecule has 2 saturated heterocycles. The van der Waals surface area contributed by atoms with Gasteiger partial charge in [0, 0.05) is 18.6 Å². The molecule has 118 valence electrons. The molecule has 3 aliphatic rings. The molecule has 5 nitrogen and oxygen atoms in total. The summed E-state index contributed by atoms with van der Waals surface area (Å²) in [6.07, 6.45) is 7.41. The SMILES string of the molecule is CC1CCCC(CNC(=O)N2C3CCC2C(C(=O)O)C3)C1. The summed E-state index contributed by atoms with van der Waals surface area (Å²) in [5.41, 5.74) is 0. The van der Waals surface area contributed by atoms with Crippen LogP contribution in [-0.2, 0) is 4.79 Å². The Bertz CT molecular complexity index is 426. The lowest BCUT2D eigenvalue weighted by Gasteiger charge is -2.29. The van der Waals surface area contributed by atoms with Crippen LogP contribution in [0.4, 0.5) is 4.79 Å². The van der Waals surface area contributed by atoms with Crippen LogP contribution in [0, 0.1) is 17.8 Å². The third-order valence-electron chi connectivity index (χ3n) is 5.68. The predicted molar refractivity (Wildman–Crippen MR) is 78.9 cm³/mol. The number of carboxylic acids is 1. The third kappa shape index (κ3) is 2.87. The highest BCUT2D eigenvalue weighted by atomic mass is 16.4. The number of carbonyl (C=O) groups is 2. The standard InChI is InChI=1S/C16H26N2O3/c1-10-3-2-4-11(7-10)9-17-16(21)18-12-5-6-14(18)13(8-12)15(19)20/h10-14H,2-9H2,1H3,(H,17,21)(H,19,20). The zero-order chi connectivity index (χ0) is 15.0. The summed E-state index contributed by atoms with van der Waals surface area (Å²) in [6, 6.07) is 0.0173. The Kier molecular flexibility index (Phi) is 4.09. The van der Waals surface area contributed by atoms with Crippen molar-refractivity contribution >= 4 is 12.0 Å². The molecule has 3 fully saturated rings. The van der Waals surface area contributed by atoms with Gasteiger partial charge in [-0.05, 0) is 43.9 Å². The molecular weight excluding hydrogens is 268 g/mol. The van der Waals surface area contributed by atoms with E-state index in [0.29, 0.717) is 12.3 Å². The minimum atomic E-state index is -0.749. The quantitative estimate of drug-likeness (QED) is 0.840. The highest BCUT2D eigenvalue weighted by Gasteiger charge is 2.51. The number of hydrogen-bond acceptors (Lipinski definition) is 2. The number of hydrogen-bond donors (Lipinski definition) is 2. The molecule has 0 spiro atoms. The number of nitrogens with zero attached hydrogens (tertiary/aromatic N) is 1. The molecule has 5 unspecified atom stereocenters. The second-order valence-corrected chi connectivity index (χ2v) is 7.21. The second kappa shape index (κ2) is 5.85. The number of urea groups is 1. The minimum absolute atomic E-state index is 0.0375. The van der Waals surface area contributed by atoms with Crippen molar-refractivity contribution < 1.29 is 14.7 Å². The van der Waals surface area contributed by atoms with Crippen LogP contribution in [-0.4, -0.2) is 40.6 Å². The number of nitrogens with one attached hydrogen (secondary N) is 1. The van der Waals surface area contributed by atoms with Gasteiger partial charge in [0.2, 0.25) is 0 Å². The van der Waals surface area contributed by atoms with E-state index >= 15 is 0 Å². The van der Waals surface area contributed by atoms with E-state index < -0.39 is 5.97 Å². The maximum atomic E-state index is 12.4. The van der Waals surface area contributed by atoms with Gasteiger partial charge in [0.1, 0.15) is 0 Å². The Morgan fingerprint density at radius 3 is 2.67 bits per heavy atom. The van der Waals surface area contributed by atoms with E-state index in [1.807, 2.05) is 4.90 Å². The molecule has 2 heterocycles. The van der Waals surface area contributed by atoms with E-state index in [2.05, 4.69) is 12.2 Å². The molecule has 0 aromatic rings. The maximum absolute atomic E-state index is 12.4. The van der Waals surface area contributed by atoms with Crippen molar-refractivity contribution in [3.63, 3.8) is 0 Å². The van der Waals surface area contributed by atoms with Gasteiger partial charge >= 0.3 is 12.0 Å². The Morgan fingerprint density at radius 2 is 2.00 bits per heavy atom. The van der Waals surface area contributed by atoms with Crippen LogP contribution in [0.3, 0.4) is 0 Å². The lowest BCUT2D eigenvalue weighted by molar-refractivity contribution is -0.142. The number of amides is 2. The maximum Gasteiger partial charge on any atom is 0.317 e. The number of carbonyl (C=O) groups excluding carboxylic acids is 1. The predicted octanol–water partition coefficient (Wildman–Crippen LogP) is 2.46. The monoisotopic (exact) mass is 294 g/mol. The van der Waals surface area contributed by atoms with Gasteiger partial charge in [0.05, 0.1) is 5.92 Å². The number of fused-ring (bicyclic) bond motifs is 2. The number of aliphatic carboxylic acids is 1. The van der Waals surface area contributed by atoms with Crippen molar-refractivity contribution in [2.75, 3.05) is 6.54 Å². The molecule has 5 atom stereocenters. The summed E-state index contributed by atoms with van der Waals surface area (Å²) in [4.78, 5) is 25.5. The van der Waals surface area contributed by atoms with Gasteiger partial charge < -0.3 is 15.3 Å². The first kappa shape index (κ1) is 14.7. The fourth-order valence-corrected chi connectivity index (χ4v) is 4.64. The Morgan fingerprint density at radius 1 is 1.19 bits per heavy atom. The van der Waals surface area contributed by atoms with Gasteiger partial charge in [0.25, 0.3) is 0 Å². The highest BCUT2D eigenvalue weighted by molar-refractivity contribution is 5.79. The molecule has 1 aliphatic carbocycles. The van der Waals surface area contributed by atoms with Crippen LogP contribution in [0.25, 0.3) is 0 Å². The van der Waals surface area contributed by atoms with Gasteiger partial charge in [-0.15, -0.1) is 0 Å². The van der Waals surface area contributed by atoms with Crippen molar-refractivity contribution in [1.82, 2.24) is 10.2 Å². The number of rotatable bonds is 3. The first-order valence-electron chi connectivity index (χ1n) is 8.35. The van der Waals surface area contributed by atoms with E-state index in [9.17, 15) is 14.7 Å². The van der Waals surface area contributed by atoms with Crippen LogP contribution < -0.4 is 5.32 Å². The summed E-state index contributed by atoms with van der Waals surface area (Å²) in [6.45, 7) is 3.03. The van der Waals surface area contributed by atoms with Crippen LogP contribution in [0.1, 0.15) is 51.9 Å².